The van der Waals surface area contributed by atoms with Crippen molar-refractivity contribution in [1.82, 2.24) is 29.3 Å². The van der Waals surface area contributed by atoms with Crippen LogP contribution in [0.4, 0.5) is 0 Å². The van der Waals surface area contributed by atoms with E-state index in [1.54, 1.807) is 24.3 Å². The predicted molar refractivity (Wildman–Crippen MR) is 110 cm³/mol. The fourth-order valence-electron chi connectivity index (χ4n) is 2.93. The number of fused-ring (bicyclic) bond motifs is 1. The van der Waals surface area contributed by atoms with Gasteiger partial charge in [-0.3, -0.25) is 23.5 Å². The van der Waals surface area contributed by atoms with Gasteiger partial charge in [0, 0.05) is 26.7 Å². The number of amides is 2. The zero-order valence-corrected chi connectivity index (χ0v) is 16.7. The predicted octanol–water partition coefficient (Wildman–Crippen LogP) is -1.04. The molecule has 30 heavy (non-hydrogen) atoms. The molecule has 3 aromatic rings. The first kappa shape index (κ1) is 20.6. The SMILES string of the molecule is CNC(=O)c1ccccc1C#CCNC(=O)Cn1cnc2c1c(=O)n(C)c(=O)n2C. The zero-order valence-electron chi connectivity index (χ0n) is 16.7. The number of hydrogen-bond donors (Lipinski definition) is 2. The number of nitrogens with zero attached hydrogens (tertiary/aromatic N) is 4. The highest BCUT2D eigenvalue weighted by atomic mass is 16.2. The lowest BCUT2D eigenvalue weighted by Gasteiger charge is -2.06. The Kier molecular flexibility index (Phi) is 5.83. The number of imidazole rings is 1. The molecule has 0 bridgehead atoms. The number of carbonyl (C=O) groups excluding carboxylic acids is 2. The van der Waals surface area contributed by atoms with Crippen LogP contribution in [0.1, 0.15) is 15.9 Å². The van der Waals surface area contributed by atoms with Gasteiger partial charge >= 0.3 is 5.69 Å². The molecule has 0 radical (unpaired) electrons. The molecule has 154 valence electrons. The monoisotopic (exact) mass is 408 g/mol. The van der Waals surface area contributed by atoms with E-state index >= 15 is 0 Å². The summed E-state index contributed by atoms with van der Waals surface area (Å²) in [5.41, 5.74) is 0.363. The Morgan fingerprint density at radius 3 is 2.60 bits per heavy atom. The van der Waals surface area contributed by atoms with Gasteiger partial charge in [-0.1, -0.05) is 24.0 Å². The van der Waals surface area contributed by atoms with Crippen LogP contribution in [-0.4, -0.2) is 44.1 Å². The first-order chi connectivity index (χ1) is 14.3. The van der Waals surface area contributed by atoms with Crippen molar-refractivity contribution in [3.05, 3.63) is 62.6 Å². The molecule has 10 heteroatoms. The van der Waals surface area contributed by atoms with Gasteiger partial charge in [-0.25, -0.2) is 9.78 Å². The molecule has 0 saturated heterocycles. The van der Waals surface area contributed by atoms with Crippen molar-refractivity contribution in [1.29, 1.82) is 0 Å². The van der Waals surface area contributed by atoms with Crippen LogP contribution >= 0.6 is 0 Å². The molecular weight excluding hydrogens is 388 g/mol. The Balaban J connectivity index is 1.72. The maximum Gasteiger partial charge on any atom is 0.332 e. The van der Waals surface area contributed by atoms with Gasteiger partial charge in [0.05, 0.1) is 18.4 Å². The number of nitrogens with one attached hydrogen (secondary N) is 2. The second kappa shape index (κ2) is 8.48. The molecule has 2 amide bonds. The molecular formula is C20H20N6O4. The average molecular weight is 408 g/mol. The second-order valence-electron chi connectivity index (χ2n) is 6.45. The summed E-state index contributed by atoms with van der Waals surface area (Å²) in [6.45, 7) is -0.0928. The van der Waals surface area contributed by atoms with Crippen molar-refractivity contribution >= 4 is 23.0 Å². The van der Waals surface area contributed by atoms with Crippen LogP contribution in [0.15, 0.2) is 40.2 Å². The highest BCUT2D eigenvalue weighted by Crippen LogP contribution is 2.07. The van der Waals surface area contributed by atoms with E-state index in [4.69, 9.17) is 0 Å². The molecule has 0 unspecified atom stereocenters. The first-order valence-electron chi connectivity index (χ1n) is 9.02. The molecule has 2 aromatic heterocycles. The Hall–Kier alpha value is -4.13. The lowest BCUT2D eigenvalue weighted by Crippen LogP contribution is -2.38. The summed E-state index contributed by atoms with van der Waals surface area (Å²) < 4.78 is 3.61. The standard InChI is InChI=1S/C20H20N6O4/c1-21-18(28)14-9-5-4-7-13(14)8-6-10-22-15(27)11-26-12-23-17-16(26)19(29)25(3)20(30)24(17)2/h4-5,7,9,12H,10-11H2,1-3H3,(H,21,28)(H,22,27). The van der Waals surface area contributed by atoms with Crippen LogP contribution < -0.4 is 21.9 Å². The minimum absolute atomic E-state index is 0.0596. The van der Waals surface area contributed by atoms with Crippen molar-refractivity contribution in [3.63, 3.8) is 0 Å². The van der Waals surface area contributed by atoms with Crippen LogP contribution in [0, 0.1) is 11.8 Å². The third kappa shape index (κ3) is 3.86. The maximum atomic E-state index is 12.4. The van der Waals surface area contributed by atoms with Gasteiger partial charge in [-0.2, -0.15) is 0 Å². The topological polar surface area (TPSA) is 120 Å². The fraction of sp³-hybridized carbons (Fsp3) is 0.250. The third-order valence-electron chi connectivity index (χ3n) is 4.53. The number of hydrogen-bond acceptors (Lipinski definition) is 5. The van der Waals surface area contributed by atoms with Crippen LogP contribution in [0.25, 0.3) is 11.2 Å². The van der Waals surface area contributed by atoms with E-state index in [1.807, 2.05) is 0 Å². The Bertz CT molecular complexity index is 1320. The molecule has 0 saturated carbocycles. The zero-order chi connectivity index (χ0) is 21.8. The van der Waals surface area contributed by atoms with E-state index < -0.39 is 11.2 Å². The minimum Gasteiger partial charge on any atom is -0.355 e. The molecule has 3 rings (SSSR count). The van der Waals surface area contributed by atoms with Gasteiger partial charge in [0.25, 0.3) is 11.5 Å². The van der Waals surface area contributed by atoms with E-state index in [1.165, 1.54) is 36.6 Å². The second-order valence-corrected chi connectivity index (χ2v) is 6.45. The lowest BCUT2D eigenvalue weighted by molar-refractivity contribution is -0.121. The van der Waals surface area contributed by atoms with E-state index in [0.29, 0.717) is 11.1 Å². The molecule has 0 aliphatic carbocycles. The van der Waals surface area contributed by atoms with Crippen molar-refractivity contribution in [2.75, 3.05) is 13.6 Å². The quantitative estimate of drug-likeness (QED) is 0.535. The Morgan fingerprint density at radius 1 is 1.13 bits per heavy atom. The van der Waals surface area contributed by atoms with Gasteiger partial charge in [0.15, 0.2) is 11.2 Å². The van der Waals surface area contributed by atoms with E-state index in [2.05, 4.69) is 27.5 Å². The number of aryl methyl sites for hydroxylation is 1. The van der Waals surface area contributed by atoms with Crippen molar-refractivity contribution in [3.8, 4) is 11.8 Å². The minimum atomic E-state index is -0.524. The first-order valence-corrected chi connectivity index (χ1v) is 9.02. The molecule has 2 N–H and O–H groups in total. The van der Waals surface area contributed by atoms with Gasteiger partial charge in [0.2, 0.25) is 5.91 Å². The normalized spacial score (nSPS) is 10.4. The van der Waals surface area contributed by atoms with Crippen LogP contribution in [0.2, 0.25) is 0 Å². The third-order valence-corrected chi connectivity index (χ3v) is 4.53. The summed E-state index contributed by atoms with van der Waals surface area (Å²) in [7, 11) is 4.42. The smallest absolute Gasteiger partial charge is 0.332 e. The molecule has 2 heterocycles. The highest BCUT2D eigenvalue weighted by molar-refractivity contribution is 5.96. The number of rotatable bonds is 4. The van der Waals surface area contributed by atoms with Crippen LogP contribution in [0.5, 0.6) is 0 Å². The summed E-state index contributed by atoms with van der Waals surface area (Å²) in [6.07, 6.45) is 1.34. The number of carbonyl (C=O) groups is 2. The summed E-state index contributed by atoms with van der Waals surface area (Å²) in [5, 5.41) is 5.19. The van der Waals surface area contributed by atoms with Crippen LogP contribution in [0.3, 0.4) is 0 Å². The van der Waals surface area contributed by atoms with Crippen LogP contribution in [-0.2, 0) is 25.4 Å². The summed E-state index contributed by atoms with van der Waals surface area (Å²) in [6, 6.07) is 6.90. The molecule has 1 aromatic carbocycles. The number of benzene rings is 1. The van der Waals surface area contributed by atoms with E-state index in [0.717, 1.165) is 4.57 Å². The largest absolute Gasteiger partial charge is 0.355 e. The van der Waals surface area contributed by atoms with Crippen molar-refractivity contribution in [2.24, 2.45) is 14.1 Å². The molecule has 0 aliphatic rings. The fourth-order valence-corrected chi connectivity index (χ4v) is 2.93. The van der Waals surface area contributed by atoms with E-state index in [9.17, 15) is 19.2 Å². The van der Waals surface area contributed by atoms with Crippen molar-refractivity contribution < 1.29 is 9.59 Å². The van der Waals surface area contributed by atoms with Gasteiger partial charge in [-0.05, 0) is 12.1 Å². The average Bonchev–Trinajstić information content (AvgIpc) is 3.17. The van der Waals surface area contributed by atoms with Gasteiger partial charge < -0.3 is 15.2 Å². The lowest BCUT2D eigenvalue weighted by atomic mass is 10.1. The molecule has 0 atom stereocenters. The van der Waals surface area contributed by atoms with E-state index in [-0.39, 0.29) is 36.1 Å². The molecule has 0 spiro atoms. The molecule has 0 fully saturated rings. The van der Waals surface area contributed by atoms with Crippen molar-refractivity contribution in [2.45, 2.75) is 6.54 Å². The Labute approximate surface area is 171 Å². The maximum absolute atomic E-state index is 12.4. The Morgan fingerprint density at radius 2 is 1.87 bits per heavy atom. The summed E-state index contributed by atoms with van der Waals surface area (Å²) in [4.78, 5) is 52.6. The highest BCUT2D eigenvalue weighted by Gasteiger charge is 2.15. The number of aromatic nitrogens is 4. The van der Waals surface area contributed by atoms with Gasteiger partial charge in [0.1, 0.15) is 6.54 Å². The molecule has 10 nitrogen and oxygen atoms in total. The van der Waals surface area contributed by atoms with Gasteiger partial charge in [-0.15, -0.1) is 0 Å². The summed E-state index contributed by atoms with van der Waals surface area (Å²) in [5.74, 6) is 5.05. The summed E-state index contributed by atoms with van der Waals surface area (Å²) >= 11 is 0. The molecule has 0 aliphatic heterocycles.